The van der Waals surface area contributed by atoms with Crippen LogP contribution in [0.25, 0.3) is 0 Å². The maximum atomic E-state index is 13.6. The molecule has 2 heterocycles. The molecule has 6 nitrogen and oxygen atoms in total. The number of morpholine rings is 1. The van der Waals surface area contributed by atoms with Crippen LogP contribution in [-0.2, 0) is 27.9 Å². The van der Waals surface area contributed by atoms with E-state index >= 15 is 0 Å². The third-order valence-corrected chi connectivity index (χ3v) is 8.55. The van der Waals surface area contributed by atoms with E-state index in [2.05, 4.69) is 26.8 Å². The molecule has 6 heteroatoms. The van der Waals surface area contributed by atoms with Crippen molar-refractivity contribution in [3.8, 4) is 5.75 Å². The summed E-state index contributed by atoms with van der Waals surface area (Å²) in [7, 11) is 0. The summed E-state index contributed by atoms with van der Waals surface area (Å²) >= 11 is 0. The van der Waals surface area contributed by atoms with Gasteiger partial charge >= 0.3 is 0 Å². The molecule has 1 N–H and O–H groups in total. The molecule has 174 valence electrons. The topological polar surface area (TPSA) is 70.1 Å². The fraction of sp³-hybridized carbons (Fsp3) is 0.481. The monoisotopic (exact) mass is 448 g/mol. The van der Waals surface area contributed by atoms with Gasteiger partial charge in [0.05, 0.1) is 6.61 Å². The number of likely N-dealkylation sites (tertiary alicyclic amines) is 1. The van der Waals surface area contributed by atoms with Crippen molar-refractivity contribution in [3.05, 3.63) is 64.7 Å². The second-order valence-electron chi connectivity index (χ2n) is 10.4. The standard InChI is InChI=1S/C27H32N2O4/c1-26(2)23-15-20-21(5-4-6-22(20)30)27(26,3)11-12-29(23)25(32)19-9-7-18(8-10-19)16-28-13-14-33-17-24(28)31/h4-10,23,30H,11-17H2,1-3H3/t23-,27+/m1/s1. The largest absolute Gasteiger partial charge is 0.508 e. The van der Waals surface area contributed by atoms with Crippen molar-refractivity contribution in [2.75, 3.05) is 26.3 Å². The molecule has 1 aliphatic carbocycles. The van der Waals surface area contributed by atoms with Gasteiger partial charge in [0.2, 0.25) is 5.91 Å². The van der Waals surface area contributed by atoms with Crippen molar-refractivity contribution < 1.29 is 19.4 Å². The molecular formula is C27H32N2O4. The number of fused-ring (bicyclic) bond motifs is 4. The van der Waals surface area contributed by atoms with E-state index < -0.39 is 0 Å². The molecule has 2 atom stereocenters. The zero-order valence-electron chi connectivity index (χ0n) is 19.6. The summed E-state index contributed by atoms with van der Waals surface area (Å²) < 4.78 is 5.20. The third-order valence-electron chi connectivity index (χ3n) is 8.55. The summed E-state index contributed by atoms with van der Waals surface area (Å²) in [5.74, 6) is 0.361. The molecule has 2 bridgehead atoms. The fourth-order valence-electron chi connectivity index (χ4n) is 6.03. The highest BCUT2D eigenvalue weighted by Gasteiger charge is 2.57. The van der Waals surface area contributed by atoms with Gasteiger partial charge < -0.3 is 19.6 Å². The summed E-state index contributed by atoms with van der Waals surface area (Å²) in [5.41, 5.74) is 3.64. The molecule has 33 heavy (non-hydrogen) atoms. The van der Waals surface area contributed by atoms with E-state index in [1.54, 1.807) is 11.0 Å². The first-order chi connectivity index (χ1) is 15.7. The van der Waals surface area contributed by atoms with Gasteiger partial charge in [-0.2, -0.15) is 0 Å². The number of rotatable bonds is 3. The second kappa shape index (κ2) is 7.87. The number of hydrogen-bond donors (Lipinski definition) is 1. The molecule has 5 rings (SSSR count). The summed E-state index contributed by atoms with van der Waals surface area (Å²) in [4.78, 5) is 29.4. The molecule has 2 aromatic carbocycles. The maximum Gasteiger partial charge on any atom is 0.254 e. The van der Waals surface area contributed by atoms with Crippen molar-refractivity contribution in [3.63, 3.8) is 0 Å². The Bertz CT molecular complexity index is 1090. The predicted octanol–water partition coefficient (Wildman–Crippen LogP) is 3.51. The number of carbonyl (C=O) groups excluding carboxylic acids is 2. The zero-order valence-corrected chi connectivity index (χ0v) is 19.6. The number of phenolic OH excluding ortho intramolecular Hbond substituents is 1. The lowest BCUT2D eigenvalue weighted by Crippen LogP contribution is -2.64. The van der Waals surface area contributed by atoms with Crippen LogP contribution in [0.3, 0.4) is 0 Å². The molecule has 2 fully saturated rings. The van der Waals surface area contributed by atoms with Crippen LogP contribution >= 0.6 is 0 Å². The average Bonchev–Trinajstić information content (AvgIpc) is 2.78. The van der Waals surface area contributed by atoms with E-state index in [1.807, 2.05) is 35.2 Å². The lowest BCUT2D eigenvalue weighted by Gasteiger charge is -2.60. The number of nitrogens with zero attached hydrogens (tertiary/aromatic N) is 2. The molecule has 0 spiro atoms. The maximum absolute atomic E-state index is 13.6. The smallest absolute Gasteiger partial charge is 0.254 e. The first-order valence-corrected chi connectivity index (χ1v) is 11.8. The zero-order chi connectivity index (χ0) is 23.4. The number of aromatic hydroxyl groups is 1. The van der Waals surface area contributed by atoms with E-state index in [0.29, 0.717) is 44.0 Å². The lowest BCUT2D eigenvalue weighted by atomic mass is 9.51. The van der Waals surface area contributed by atoms with Crippen molar-refractivity contribution in [2.45, 2.75) is 51.6 Å². The molecule has 0 radical (unpaired) electrons. The molecule has 2 aromatic rings. The molecule has 2 amide bonds. The summed E-state index contributed by atoms with van der Waals surface area (Å²) in [5, 5.41) is 10.6. The highest BCUT2D eigenvalue weighted by Crippen LogP contribution is 2.57. The summed E-state index contributed by atoms with van der Waals surface area (Å²) in [6.45, 7) is 9.32. The highest BCUT2D eigenvalue weighted by atomic mass is 16.5. The summed E-state index contributed by atoms with van der Waals surface area (Å²) in [6, 6.07) is 13.5. The normalized spacial score (nSPS) is 26.2. The number of carbonyl (C=O) groups is 2. The Kier molecular flexibility index (Phi) is 5.24. The molecule has 2 aliphatic heterocycles. The highest BCUT2D eigenvalue weighted by molar-refractivity contribution is 5.94. The first-order valence-electron chi connectivity index (χ1n) is 11.8. The minimum atomic E-state index is -0.127. The van der Waals surface area contributed by atoms with Crippen LogP contribution in [0, 0.1) is 5.41 Å². The average molecular weight is 449 g/mol. The van der Waals surface area contributed by atoms with Crippen LogP contribution in [0.2, 0.25) is 0 Å². The number of phenols is 1. The Morgan fingerprint density at radius 1 is 1.12 bits per heavy atom. The van der Waals surface area contributed by atoms with E-state index in [-0.39, 0.29) is 35.3 Å². The van der Waals surface area contributed by atoms with Gasteiger partial charge in [-0.15, -0.1) is 0 Å². The van der Waals surface area contributed by atoms with Gasteiger partial charge in [-0.3, -0.25) is 9.59 Å². The first kappa shape index (κ1) is 22.0. The quantitative estimate of drug-likeness (QED) is 0.780. The van der Waals surface area contributed by atoms with Crippen molar-refractivity contribution in [1.82, 2.24) is 9.80 Å². The Labute approximate surface area is 195 Å². The van der Waals surface area contributed by atoms with Gasteiger partial charge in [0, 0.05) is 36.7 Å². The number of piperidine rings is 1. The SMILES string of the molecule is CC1(C)[C@H]2Cc3c(O)cccc3[C@]1(C)CCN2C(=O)c1ccc(CN2CCOCC2=O)cc1. The van der Waals surface area contributed by atoms with E-state index in [1.165, 1.54) is 5.56 Å². The Morgan fingerprint density at radius 3 is 2.61 bits per heavy atom. The van der Waals surface area contributed by atoms with Crippen LogP contribution in [0.5, 0.6) is 5.75 Å². The Morgan fingerprint density at radius 2 is 1.88 bits per heavy atom. The predicted molar refractivity (Wildman–Crippen MR) is 125 cm³/mol. The van der Waals surface area contributed by atoms with E-state index in [9.17, 15) is 14.7 Å². The third kappa shape index (κ3) is 3.43. The van der Waals surface area contributed by atoms with Crippen LogP contribution < -0.4 is 0 Å². The van der Waals surface area contributed by atoms with Gasteiger partial charge in [-0.25, -0.2) is 0 Å². The lowest BCUT2D eigenvalue weighted by molar-refractivity contribution is -0.143. The minimum absolute atomic E-state index is 0.000771. The number of ether oxygens (including phenoxy) is 1. The Hall–Kier alpha value is -2.86. The van der Waals surface area contributed by atoms with Gasteiger partial charge in [0.1, 0.15) is 12.4 Å². The van der Waals surface area contributed by atoms with Crippen LogP contribution in [-0.4, -0.2) is 59.1 Å². The molecule has 3 aliphatic rings. The number of amides is 2. The van der Waals surface area contributed by atoms with Gasteiger partial charge in [-0.05, 0) is 53.1 Å². The molecular weight excluding hydrogens is 416 g/mol. The van der Waals surface area contributed by atoms with E-state index in [0.717, 1.165) is 17.5 Å². The fourth-order valence-corrected chi connectivity index (χ4v) is 6.03. The molecule has 0 saturated carbocycles. The van der Waals surface area contributed by atoms with Crippen LogP contribution in [0.1, 0.15) is 54.2 Å². The molecule has 2 saturated heterocycles. The van der Waals surface area contributed by atoms with E-state index in [4.69, 9.17) is 4.74 Å². The number of hydrogen-bond acceptors (Lipinski definition) is 4. The second-order valence-corrected chi connectivity index (χ2v) is 10.4. The van der Waals surface area contributed by atoms with Gasteiger partial charge in [-0.1, -0.05) is 45.0 Å². The van der Waals surface area contributed by atoms with Crippen LogP contribution in [0.15, 0.2) is 42.5 Å². The van der Waals surface area contributed by atoms with Crippen molar-refractivity contribution in [2.24, 2.45) is 5.41 Å². The van der Waals surface area contributed by atoms with Gasteiger partial charge in [0.25, 0.3) is 5.91 Å². The van der Waals surface area contributed by atoms with Gasteiger partial charge in [0.15, 0.2) is 0 Å². The molecule has 0 aromatic heterocycles. The molecule has 0 unspecified atom stereocenters. The van der Waals surface area contributed by atoms with Crippen molar-refractivity contribution in [1.29, 1.82) is 0 Å². The summed E-state index contributed by atoms with van der Waals surface area (Å²) in [6.07, 6.45) is 1.52. The number of benzene rings is 2. The van der Waals surface area contributed by atoms with Crippen molar-refractivity contribution >= 4 is 11.8 Å². The minimum Gasteiger partial charge on any atom is -0.508 e. The van der Waals surface area contributed by atoms with Crippen LogP contribution in [0.4, 0.5) is 0 Å². The Balaban J connectivity index is 1.39.